The second-order valence-corrected chi connectivity index (χ2v) is 11.3. The van der Waals surface area contributed by atoms with E-state index in [9.17, 15) is 0 Å². The van der Waals surface area contributed by atoms with Crippen molar-refractivity contribution in [2.45, 2.75) is 26.7 Å². The zero-order valence-electron chi connectivity index (χ0n) is 27.4. The molecule has 0 aliphatic carbocycles. The van der Waals surface area contributed by atoms with Gasteiger partial charge in [-0.2, -0.15) is 22.9 Å². The molecule has 0 bridgehead atoms. The van der Waals surface area contributed by atoms with Gasteiger partial charge in [-0.3, -0.25) is 0 Å². The van der Waals surface area contributed by atoms with Crippen LogP contribution in [0.4, 0.5) is 0 Å². The Morgan fingerprint density at radius 3 is 1.51 bits per heavy atom. The summed E-state index contributed by atoms with van der Waals surface area (Å²) in [5.41, 5.74) is 7.25. The van der Waals surface area contributed by atoms with Crippen LogP contribution in [0.2, 0.25) is 0 Å². The smallest absolute Gasteiger partial charge is 0.503 e. The average Bonchev–Trinajstić information content (AvgIpc) is 3.48. The van der Waals surface area contributed by atoms with E-state index >= 15 is 0 Å². The first-order valence-electron chi connectivity index (χ1n) is 16.0. The van der Waals surface area contributed by atoms with E-state index in [0.29, 0.717) is 28.9 Å². The van der Waals surface area contributed by atoms with Gasteiger partial charge in [0.15, 0.2) is 0 Å². The summed E-state index contributed by atoms with van der Waals surface area (Å²) in [6.45, 7) is 4.25. The monoisotopic (exact) mass is 937 g/mol. The SMILES string of the molecule is CCc1ccnc(-c2[c-]c(Oc3[c-]c4c(cc3)c3ccc(Oc5[c-]c(-c6cc(CC)ccn6)ccc5)[c-]c3n4-c3ncncn3)ccc2)c1.[Pd+2].[Pt+2]. The largest absolute Gasteiger partial charge is 2.00 e. The van der Waals surface area contributed by atoms with Crippen LogP contribution in [0.1, 0.15) is 25.0 Å². The molecule has 0 aliphatic heterocycles. The maximum atomic E-state index is 6.31. The third kappa shape index (κ3) is 7.52. The van der Waals surface area contributed by atoms with Gasteiger partial charge in [-0.05, 0) is 36.4 Å². The summed E-state index contributed by atoms with van der Waals surface area (Å²) >= 11 is 0. The van der Waals surface area contributed by atoms with Gasteiger partial charge in [0.05, 0.1) is 0 Å². The van der Waals surface area contributed by atoms with Crippen LogP contribution in [0.25, 0.3) is 50.3 Å². The Labute approximate surface area is 323 Å². The fraction of sp³-hybridized carbons (Fsp3) is 0.0976. The van der Waals surface area contributed by atoms with E-state index in [2.05, 4.69) is 75.2 Å². The number of hydrogen-bond acceptors (Lipinski definition) is 7. The average molecular weight is 938 g/mol. The van der Waals surface area contributed by atoms with Crippen LogP contribution in [0.3, 0.4) is 0 Å². The van der Waals surface area contributed by atoms with Crippen molar-refractivity contribution in [2.75, 3.05) is 0 Å². The Bertz CT molecular complexity index is 2300. The quantitative estimate of drug-likeness (QED) is 0.106. The summed E-state index contributed by atoms with van der Waals surface area (Å²) < 4.78 is 14.5. The molecule has 8 nitrogen and oxygen atoms in total. The van der Waals surface area contributed by atoms with Gasteiger partial charge in [-0.1, -0.05) is 60.3 Å². The molecule has 0 N–H and O–H groups in total. The van der Waals surface area contributed by atoms with Gasteiger partial charge in [0.2, 0.25) is 5.95 Å². The molecular weight excluding hydrogens is 910 g/mol. The zero-order chi connectivity index (χ0) is 33.2. The maximum absolute atomic E-state index is 6.31. The van der Waals surface area contributed by atoms with Gasteiger partial charge >= 0.3 is 41.5 Å². The number of fused-ring (bicyclic) bond motifs is 3. The first-order chi connectivity index (χ1) is 24.1. The molecule has 0 saturated carbocycles. The molecule has 51 heavy (non-hydrogen) atoms. The second kappa shape index (κ2) is 15.9. The topological polar surface area (TPSA) is 87.8 Å². The van der Waals surface area contributed by atoms with Crippen molar-refractivity contribution in [2.24, 2.45) is 0 Å². The number of aromatic nitrogens is 6. The standard InChI is InChI=1S/C41H28N6O2.Pd.Pt/c1-3-27-15-17-43-37(19-27)29-7-5-9-31(21-29)48-33-11-13-35-36-14-12-34(24-40(36)47(39(35)23-33)41-45-25-42-26-46-41)49-32-10-6-8-30(22-32)38-20-28(4-2)16-18-44-38;;/h5-20,25-26H,3-4H2,1-2H3;;/q-4;2*+2. The Kier molecular flexibility index (Phi) is 11.1. The molecule has 8 aromatic rings. The maximum Gasteiger partial charge on any atom is 2.00 e. The van der Waals surface area contributed by atoms with Crippen molar-refractivity contribution in [1.29, 1.82) is 0 Å². The van der Waals surface area contributed by atoms with Crippen molar-refractivity contribution in [3.8, 4) is 51.5 Å². The predicted octanol–water partition coefficient (Wildman–Crippen LogP) is 9.00. The minimum atomic E-state index is 0. The van der Waals surface area contributed by atoms with Crippen LogP contribution in [0, 0.1) is 24.3 Å². The summed E-state index contributed by atoms with van der Waals surface area (Å²) in [4.78, 5) is 22.0. The Balaban J connectivity index is 0.00000224. The van der Waals surface area contributed by atoms with Gasteiger partial charge in [-0.25, -0.2) is 15.0 Å². The van der Waals surface area contributed by atoms with Crippen LogP contribution in [0.5, 0.6) is 23.0 Å². The molecule has 0 amide bonds. The van der Waals surface area contributed by atoms with E-state index in [-0.39, 0.29) is 41.5 Å². The summed E-state index contributed by atoms with van der Waals surface area (Å²) in [5, 5.41) is 1.86. The number of rotatable bonds is 9. The zero-order valence-corrected chi connectivity index (χ0v) is 31.3. The fourth-order valence-electron chi connectivity index (χ4n) is 5.73. The van der Waals surface area contributed by atoms with Crippen molar-refractivity contribution >= 4 is 21.8 Å². The van der Waals surface area contributed by atoms with Crippen molar-refractivity contribution < 1.29 is 51.0 Å². The van der Waals surface area contributed by atoms with Crippen LogP contribution in [-0.4, -0.2) is 29.5 Å². The molecule has 0 radical (unpaired) electrons. The first kappa shape index (κ1) is 35.8. The van der Waals surface area contributed by atoms with E-state index in [1.165, 1.54) is 23.8 Å². The molecule has 0 spiro atoms. The van der Waals surface area contributed by atoms with Gasteiger partial charge < -0.3 is 24.0 Å². The van der Waals surface area contributed by atoms with E-state index in [1.54, 1.807) is 0 Å². The molecule has 0 atom stereocenters. The summed E-state index contributed by atoms with van der Waals surface area (Å²) in [6, 6.07) is 41.1. The number of benzene rings is 4. The normalized spacial score (nSPS) is 10.8. The van der Waals surface area contributed by atoms with Gasteiger partial charge in [0, 0.05) is 35.4 Å². The summed E-state index contributed by atoms with van der Waals surface area (Å²) in [6.07, 6.45) is 8.43. The third-order valence-corrected chi connectivity index (χ3v) is 8.21. The third-order valence-electron chi connectivity index (χ3n) is 8.21. The van der Waals surface area contributed by atoms with Crippen molar-refractivity contribution in [3.63, 3.8) is 0 Å². The Hall–Kier alpha value is -5.06. The fourth-order valence-corrected chi connectivity index (χ4v) is 5.73. The number of nitrogens with zero attached hydrogens (tertiary/aromatic N) is 6. The molecule has 254 valence electrons. The molecule has 0 aliphatic rings. The minimum absolute atomic E-state index is 0. The van der Waals surface area contributed by atoms with Crippen LogP contribution in [-0.2, 0) is 54.3 Å². The second-order valence-electron chi connectivity index (χ2n) is 11.3. The van der Waals surface area contributed by atoms with E-state index < -0.39 is 0 Å². The molecule has 0 unspecified atom stereocenters. The Morgan fingerprint density at radius 1 is 0.569 bits per heavy atom. The van der Waals surface area contributed by atoms with Crippen LogP contribution >= 0.6 is 0 Å². The predicted molar refractivity (Wildman–Crippen MR) is 188 cm³/mol. The van der Waals surface area contributed by atoms with Crippen molar-refractivity contribution in [1.82, 2.24) is 29.5 Å². The first-order valence-corrected chi connectivity index (χ1v) is 16.0. The summed E-state index contributed by atoms with van der Waals surface area (Å²) in [7, 11) is 0. The van der Waals surface area contributed by atoms with E-state index in [0.717, 1.165) is 57.2 Å². The summed E-state index contributed by atoms with van der Waals surface area (Å²) in [5.74, 6) is 2.55. The molecule has 8 rings (SSSR count). The molecule has 4 aromatic heterocycles. The van der Waals surface area contributed by atoms with Gasteiger partial charge in [0.25, 0.3) is 0 Å². The van der Waals surface area contributed by atoms with Gasteiger partial charge in [-0.15, -0.1) is 71.8 Å². The van der Waals surface area contributed by atoms with Crippen molar-refractivity contribution in [3.05, 3.63) is 145 Å². The number of aryl methyl sites for hydroxylation is 2. The van der Waals surface area contributed by atoms with E-state index in [4.69, 9.17) is 9.47 Å². The number of hydrogen-bond donors (Lipinski definition) is 0. The van der Waals surface area contributed by atoms with Gasteiger partial charge in [0.1, 0.15) is 12.7 Å². The minimum Gasteiger partial charge on any atom is -0.503 e. The van der Waals surface area contributed by atoms with Crippen LogP contribution < -0.4 is 9.47 Å². The molecule has 10 heteroatoms. The molecular formula is C41H28N6O2PdPt. The molecule has 0 fully saturated rings. The number of pyridine rings is 2. The molecule has 0 saturated heterocycles. The molecule has 4 aromatic carbocycles. The van der Waals surface area contributed by atoms with E-state index in [1.807, 2.05) is 89.8 Å². The Morgan fingerprint density at radius 2 is 1.04 bits per heavy atom. The molecule has 4 heterocycles. The van der Waals surface area contributed by atoms with Crippen LogP contribution in [0.15, 0.2) is 110 Å². The number of ether oxygens (including phenoxy) is 2.